The Bertz CT molecular complexity index is 483. The van der Waals surface area contributed by atoms with Crippen LogP contribution in [0.15, 0.2) is 24.3 Å². The van der Waals surface area contributed by atoms with E-state index in [0.717, 1.165) is 0 Å². The van der Waals surface area contributed by atoms with E-state index in [9.17, 15) is 14.7 Å². The van der Waals surface area contributed by atoms with Gasteiger partial charge in [-0.15, -0.1) is 0 Å². The third kappa shape index (κ3) is 3.79. The Morgan fingerprint density at radius 3 is 2.53 bits per heavy atom. The number of urea groups is 1. The molecule has 0 spiro atoms. The van der Waals surface area contributed by atoms with Crippen molar-refractivity contribution in [1.82, 2.24) is 4.90 Å². The van der Waals surface area contributed by atoms with Crippen molar-refractivity contribution in [3.63, 3.8) is 0 Å². The molecule has 19 heavy (non-hydrogen) atoms. The normalized spacial score (nSPS) is 11.0. The molecular formula is C14H20N2O3. The van der Waals surface area contributed by atoms with E-state index in [0.29, 0.717) is 11.3 Å². The number of anilines is 1. The third-order valence-corrected chi connectivity index (χ3v) is 3.12. The van der Waals surface area contributed by atoms with Gasteiger partial charge in [0.05, 0.1) is 12.1 Å². The maximum atomic E-state index is 12.0. The Kier molecular flexibility index (Phi) is 4.67. The zero-order valence-electron chi connectivity index (χ0n) is 11.7. The smallest absolute Gasteiger partial charge is 0.322 e. The first-order valence-electron chi connectivity index (χ1n) is 6.04. The van der Waals surface area contributed by atoms with Gasteiger partial charge >= 0.3 is 6.03 Å². The molecule has 0 aliphatic rings. The first-order valence-corrected chi connectivity index (χ1v) is 6.04. The van der Waals surface area contributed by atoms with Crippen LogP contribution in [0, 0.1) is 0 Å². The van der Waals surface area contributed by atoms with E-state index >= 15 is 0 Å². The van der Waals surface area contributed by atoms with Crippen molar-refractivity contribution in [3.8, 4) is 0 Å². The van der Waals surface area contributed by atoms with Crippen LogP contribution in [0.3, 0.4) is 0 Å². The monoisotopic (exact) mass is 264 g/mol. The summed E-state index contributed by atoms with van der Waals surface area (Å²) < 4.78 is 0. The predicted molar refractivity (Wildman–Crippen MR) is 74.4 cm³/mol. The standard InChI is InChI=1S/C14H20N2O3/c1-10(18)11-6-5-7-12(8-11)15-13(19)16(4)14(2,3)9-17/h5-8,17H,9H2,1-4H3,(H,15,19). The fraction of sp³-hybridized carbons (Fsp3) is 0.429. The zero-order valence-corrected chi connectivity index (χ0v) is 11.7. The first kappa shape index (κ1) is 15.2. The molecule has 5 heteroatoms. The average Bonchev–Trinajstić information content (AvgIpc) is 2.38. The number of nitrogens with one attached hydrogen (secondary N) is 1. The number of amides is 2. The molecule has 2 N–H and O–H groups in total. The number of ketones is 1. The molecule has 0 heterocycles. The molecule has 0 atom stereocenters. The molecule has 0 aliphatic carbocycles. The van der Waals surface area contributed by atoms with Gasteiger partial charge in [0.15, 0.2) is 5.78 Å². The molecule has 2 amide bonds. The van der Waals surface area contributed by atoms with Crippen molar-refractivity contribution in [2.45, 2.75) is 26.3 Å². The summed E-state index contributed by atoms with van der Waals surface area (Å²) in [6.07, 6.45) is 0. The van der Waals surface area contributed by atoms with Crippen LogP contribution in [0.4, 0.5) is 10.5 Å². The molecule has 1 rings (SSSR count). The predicted octanol–water partition coefficient (Wildman–Crippen LogP) is 2.12. The number of hydrogen-bond donors (Lipinski definition) is 2. The fourth-order valence-corrected chi connectivity index (χ4v) is 1.40. The Morgan fingerprint density at radius 1 is 1.37 bits per heavy atom. The summed E-state index contributed by atoms with van der Waals surface area (Å²) in [4.78, 5) is 24.7. The van der Waals surface area contributed by atoms with E-state index in [4.69, 9.17) is 0 Å². The molecule has 104 valence electrons. The lowest BCUT2D eigenvalue weighted by atomic mass is 10.1. The molecule has 0 saturated heterocycles. The molecule has 1 aromatic carbocycles. The number of carbonyl (C=O) groups excluding carboxylic acids is 2. The van der Waals surface area contributed by atoms with Crippen molar-refractivity contribution < 1.29 is 14.7 Å². The minimum Gasteiger partial charge on any atom is -0.394 e. The van der Waals surface area contributed by atoms with Crippen LogP contribution in [0.5, 0.6) is 0 Å². The van der Waals surface area contributed by atoms with Gasteiger partial charge in [0.1, 0.15) is 0 Å². The lowest BCUT2D eigenvalue weighted by Gasteiger charge is -2.33. The van der Waals surface area contributed by atoms with Crippen LogP contribution in [-0.2, 0) is 0 Å². The number of aliphatic hydroxyl groups is 1. The Labute approximate surface area is 113 Å². The number of nitrogens with zero attached hydrogens (tertiary/aromatic N) is 1. The molecule has 0 saturated carbocycles. The van der Waals surface area contributed by atoms with Crippen LogP contribution in [0.2, 0.25) is 0 Å². The van der Waals surface area contributed by atoms with Gasteiger partial charge in [0.25, 0.3) is 0 Å². The number of rotatable bonds is 4. The Hall–Kier alpha value is -1.88. The average molecular weight is 264 g/mol. The van der Waals surface area contributed by atoms with Crippen LogP contribution >= 0.6 is 0 Å². The van der Waals surface area contributed by atoms with Gasteiger partial charge in [-0.1, -0.05) is 12.1 Å². The van der Waals surface area contributed by atoms with Crippen LogP contribution < -0.4 is 5.32 Å². The largest absolute Gasteiger partial charge is 0.394 e. The summed E-state index contributed by atoms with van der Waals surface area (Å²) in [6.45, 7) is 4.86. The van der Waals surface area contributed by atoms with Gasteiger partial charge in [-0.2, -0.15) is 0 Å². The summed E-state index contributed by atoms with van der Waals surface area (Å²) >= 11 is 0. The topological polar surface area (TPSA) is 69.6 Å². The van der Waals surface area contributed by atoms with Gasteiger partial charge in [-0.25, -0.2) is 4.79 Å². The highest BCUT2D eigenvalue weighted by molar-refractivity contribution is 5.96. The lowest BCUT2D eigenvalue weighted by Crippen LogP contribution is -2.49. The zero-order chi connectivity index (χ0) is 14.6. The second-order valence-electron chi connectivity index (χ2n) is 5.10. The number of Topliss-reactive ketones (excluding diaryl/α,β-unsaturated/α-hetero) is 1. The quantitative estimate of drug-likeness (QED) is 0.818. The maximum Gasteiger partial charge on any atom is 0.322 e. The molecule has 0 bridgehead atoms. The Balaban J connectivity index is 2.83. The Morgan fingerprint density at radius 2 is 2.00 bits per heavy atom. The van der Waals surface area contributed by atoms with Gasteiger partial charge < -0.3 is 15.3 Å². The van der Waals surface area contributed by atoms with Crippen LogP contribution in [0.1, 0.15) is 31.1 Å². The molecular weight excluding hydrogens is 244 g/mol. The van der Waals surface area contributed by atoms with Crippen molar-refractivity contribution in [3.05, 3.63) is 29.8 Å². The van der Waals surface area contributed by atoms with E-state index in [1.165, 1.54) is 11.8 Å². The second-order valence-corrected chi connectivity index (χ2v) is 5.10. The van der Waals surface area contributed by atoms with Gasteiger partial charge in [0, 0.05) is 18.3 Å². The lowest BCUT2D eigenvalue weighted by molar-refractivity contribution is 0.101. The van der Waals surface area contributed by atoms with Crippen molar-refractivity contribution in [1.29, 1.82) is 0 Å². The minimum atomic E-state index is -0.651. The summed E-state index contributed by atoms with van der Waals surface area (Å²) in [5.74, 6) is -0.0554. The van der Waals surface area contributed by atoms with Gasteiger partial charge in [-0.05, 0) is 32.9 Å². The highest BCUT2D eigenvalue weighted by atomic mass is 16.3. The minimum absolute atomic E-state index is 0.0554. The third-order valence-electron chi connectivity index (χ3n) is 3.12. The van der Waals surface area contributed by atoms with Gasteiger partial charge in [-0.3, -0.25) is 4.79 Å². The van der Waals surface area contributed by atoms with E-state index in [1.54, 1.807) is 45.2 Å². The van der Waals surface area contributed by atoms with Crippen molar-refractivity contribution in [2.24, 2.45) is 0 Å². The van der Waals surface area contributed by atoms with Crippen molar-refractivity contribution >= 4 is 17.5 Å². The molecule has 0 aromatic heterocycles. The number of benzene rings is 1. The molecule has 0 radical (unpaired) electrons. The number of aliphatic hydroxyl groups excluding tert-OH is 1. The molecule has 0 unspecified atom stereocenters. The maximum absolute atomic E-state index is 12.0. The van der Waals surface area contributed by atoms with E-state index < -0.39 is 5.54 Å². The van der Waals surface area contributed by atoms with Crippen LogP contribution in [0.25, 0.3) is 0 Å². The van der Waals surface area contributed by atoms with E-state index in [2.05, 4.69) is 5.32 Å². The molecule has 0 fully saturated rings. The summed E-state index contributed by atoms with van der Waals surface area (Å²) in [6, 6.07) is 6.41. The molecule has 1 aromatic rings. The highest BCUT2D eigenvalue weighted by Gasteiger charge is 2.26. The molecule has 0 aliphatic heterocycles. The highest BCUT2D eigenvalue weighted by Crippen LogP contribution is 2.15. The van der Waals surface area contributed by atoms with Crippen LogP contribution in [-0.4, -0.2) is 41.0 Å². The van der Waals surface area contributed by atoms with Gasteiger partial charge in [0.2, 0.25) is 0 Å². The second kappa shape index (κ2) is 5.84. The number of hydrogen-bond acceptors (Lipinski definition) is 3. The van der Waals surface area contributed by atoms with Crippen molar-refractivity contribution in [2.75, 3.05) is 19.0 Å². The first-order chi connectivity index (χ1) is 8.77. The summed E-state index contributed by atoms with van der Waals surface area (Å²) in [5, 5.41) is 11.9. The molecule has 5 nitrogen and oxygen atoms in total. The summed E-state index contributed by atoms with van der Waals surface area (Å²) in [5.41, 5.74) is 0.447. The van der Waals surface area contributed by atoms with E-state index in [1.807, 2.05) is 0 Å². The number of likely N-dealkylation sites (N-methyl/N-ethyl adjacent to an activating group) is 1. The fourth-order valence-electron chi connectivity index (χ4n) is 1.40. The van der Waals surface area contributed by atoms with E-state index in [-0.39, 0.29) is 18.4 Å². The SMILES string of the molecule is CC(=O)c1cccc(NC(=O)N(C)C(C)(C)CO)c1. The number of carbonyl (C=O) groups is 2. The summed E-state index contributed by atoms with van der Waals surface area (Å²) in [7, 11) is 1.61.